The molecule has 2 aromatic rings. The van der Waals surface area contributed by atoms with Crippen molar-refractivity contribution in [1.29, 1.82) is 0 Å². The monoisotopic (exact) mass is 430 g/mol. The molecule has 162 valence electrons. The molecule has 0 aromatic heterocycles. The van der Waals surface area contributed by atoms with Crippen LogP contribution in [0.1, 0.15) is 42.1 Å². The summed E-state index contributed by atoms with van der Waals surface area (Å²) in [5, 5.41) is 2.88. The van der Waals surface area contributed by atoms with Crippen molar-refractivity contribution >= 4 is 15.9 Å². The van der Waals surface area contributed by atoms with Crippen molar-refractivity contribution in [3.8, 4) is 5.75 Å². The first kappa shape index (κ1) is 22.3. The van der Waals surface area contributed by atoms with E-state index in [2.05, 4.69) is 24.4 Å². The first-order valence-electron chi connectivity index (χ1n) is 10.4. The zero-order valence-corrected chi connectivity index (χ0v) is 18.5. The summed E-state index contributed by atoms with van der Waals surface area (Å²) >= 11 is 0. The van der Waals surface area contributed by atoms with Gasteiger partial charge in [0.15, 0.2) is 0 Å². The highest BCUT2D eigenvalue weighted by molar-refractivity contribution is 7.89. The fourth-order valence-corrected chi connectivity index (χ4v) is 5.13. The number of carbonyl (C=O) groups is 1. The summed E-state index contributed by atoms with van der Waals surface area (Å²) < 4.78 is 32.9. The van der Waals surface area contributed by atoms with E-state index >= 15 is 0 Å². The zero-order chi connectivity index (χ0) is 21.6. The third-order valence-electron chi connectivity index (χ3n) is 5.57. The van der Waals surface area contributed by atoms with E-state index in [0.717, 1.165) is 25.7 Å². The number of benzene rings is 2. The van der Waals surface area contributed by atoms with Crippen LogP contribution >= 0.6 is 0 Å². The van der Waals surface area contributed by atoms with Crippen LogP contribution in [0, 0.1) is 5.92 Å². The minimum atomic E-state index is -3.63. The molecule has 0 saturated carbocycles. The van der Waals surface area contributed by atoms with E-state index in [-0.39, 0.29) is 16.4 Å². The van der Waals surface area contributed by atoms with Crippen LogP contribution < -0.4 is 10.1 Å². The van der Waals surface area contributed by atoms with Crippen LogP contribution in [0.15, 0.2) is 53.4 Å². The van der Waals surface area contributed by atoms with Crippen LogP contribution in [-0.2, 0) is 16.4 Å². The van der Waals surface area contributed by atoms with Crippen molar-refractivity contribution < 1.29 is 17.9 Å². The number of piperidine rings is 1. The lowest BCUT2D eigenvalue weighted by atomic mass is 10.0. The molecule has 7 heteroatoms. The molecule has 30 heavy (non-hydrogen) atoms. The van der Waals surface area contributed by atoms with Crippen LogP contribution in [0.25, 0.3) is 0 Å². The number of methoxy groups -OCH3 is 1. The molecule has 3 rings (SSSR count). The number of aryl methyl sites for hydroxylation is 1. The van der Waals surface area contributed by atoms with E-state index in [4.69, 9.17) is 4.74 Å². The number of rotatable bonds is 8. The van der Waals surface area contributed by atoms with E-state index < -0.39 is 10.0 Å². The standard InChI is InChI=1S/C23H30N2O4S/c1-18-12-15-25(16-13-18)30(27,28)20-10-11-22(29-2)21(17-20)23(26)24-14-6-9-19-7-4-3-5-8-19/h3-5,7-8,10-11,17-18H,6,9,12-16H2,1-2H3,(H,24,26). The Morgan fingerprint density at radius 2 is 1.83 bits per heavy atom. The molecule has 0 radical (unpaired) electrons. The van der Waals surface area contributed by atoms with Crippen molar-refractivity contribution in [1.82, 2.24) is 9.62 Å². The summed E-state index contributed by atoms with van der Waals surface area (Å²) in [6.07, 6.45) is 3.36. The van der Waals surface area contributed by atoms with Gasteiger partial charge in [0.25, 0.3) is 5.91 Å². The van der Waals surface area contributed by atoms with Crippen LogP contribution in [0.5, 0.6) is 5.75 Å². The van der Waals surface area contributed by atoms with E-state index in [9.17, 15) is 13.2 Å². The Balaban J connectivity index is 1.68. The predicted molar refractivity (Wildman–Crippen MR) is 117 cm³/mol. The van der Waals surface area contributed by atoms with Crippen molar-refractivity contribution in [2.45, 2.75) is 37.5 Å². The summed E-state index contributed by atoms with van der Waals surface area (Å²) in [5.74, 6) is 0.565. The number of amides is 1. The van der Waals surface area contributed by atoms with Gasteiger partial charge >= 0.3 is 0 Å². The number of carbonyl (C=O) groups excluding carboxylic acids is 1. The number of nitrogens with one attached hydrogen (secondary N) is 1. The van der Waals surface area contributed by atoms with E-state index in [0.29, 0.717) is 31.3 Å². The van der Waals surface area contributed by atoms with Crippen molar-refractivity contribution in [2.24, 2.45) is 5.92 Å². The highest BCUT2D eigenvalue weighted by Crippen LogP contribution is 2.27. The maximum atomic E-state index is 13.0. The minimum absolute atomic E-state index is 0.132. The second-order valence-electron chi connectivity index (χ2n) is 7.79. The van der Waals surface area contributed by atoms with Crippen molar-refractivity contribution in [2.75, 3.05) is 26.7 Å². The highest BCUT2D eigenvalue weighted by atomic mass is 32.2. The average molecular weight is 431 g/mol. The van der Waals surface area contributed by atoms with Gasteiger partial charge in [-0.1, -0.05) is 37.3 Å². The minimum Gasteiger partial charge on any atom is -0.496 e. The fourth-order valence-electron chi connectivity index (χ4n) is 3.63. The number of ether oxygens (including phenoxy) is 1. The van der Waals surface area contributed by atoms with Crippen LogP contribution in [0.3, 0.4) is 0 Å². The second-order valence-corrected chi connectivity index (χ2v) is 9.73. The second kappa shape index (κ2) is 10.1. The van der Waals surface area contributed by atoms with Gasteiger partial charge in [0.1, 0.15) is 5.75 Å². The molecule has 1 amide bonds. The van der Waals surface area contributed by atoms with Crippen molar-refractivity contribution in [3.63, 3.8) is 0 Å². The first-order valence-corrected chi connectivity index (χ1v) is 11.9. The van der Waals surface area contributed by atoms with Gasteiger partial charge in [0, 0.05) is 19.6 Å². The van der Waals surface area contributed by atoms with Gasteiger partial charge in [0.05, 0.1) is 17.6 Å². The van der Waals surface area contributed by atoms with Gasteiger partial charge in [-0.25, -0.2) is 8.42 Å². The summed E-state index contributed by atoms with van der Waals surface area (Å²) in [6, 6.07) is 14.6. The molecule has 0 unspecified atom stereocenters. The Kier molecular flexibility index (Phi) is 7.50. The molecule has 0 bridgehead atoms. The number of hydrogen-bond acceptors (Lipinski definition) is 4. The van der Waals surface area contributed by atoms with Crippen molar-refractivity contribution in [3.05, 3.63) is 59.7 Å². The van der Waals surface area contributed by atoms with Gasteiger partial charge in [-0.15, -0.1) is 0 Å². The Morgan fingerprint density at radius 1 is 1.13 bits per heavy atom. The smallest absolute Gasteiger partial charge is 0.255 e. The van der Waals surface area contributed by atoms with E-state index in [1.807, 2.05) is 18.2 Å². The summed E-state index contributed by atoms with van der Waals surface area (Å²) in [6.45, 7) is 3.66. The lowest BCUT2D eigenvalue weighted by molar-refractivity contribution is 0.0950. The number of hydrogen-bond donors (Lipinski definition) is 1. The topological polar surface area (TPSA) is 75.7 Å². The molecule has 6 nitrogen and oxygen atoms in total. The van der Waals surface area contributed by atoms with Gasteiger partial charge in [0.2, 0.25) is 10.0 Å². The van der Waals surface area contributed by atoms with Gasteiger partial charge in [-0.2, -0.15) is 4.31 Å². The van der Waals surface area contributed by atoms with Gasteiger partial charge in [-0.3, -0.25) is 4.79 Å². The lowest BCUT2D eigenvalue weighted by Gasteiger charge is -2.29. The van der Waals surface area contributed by atoms with Gasteiger partial charge < -0.3 is 10.1 Å². The van der Waals surface area contributed by atoms with Gasteiger partial charge in [-0.05, 0) is 55.4 Å². The summed E-state index contributed by atoms with van der Waals surface area (Å²) in [5.41, 5.74) is 1.46. The average Bonchev–Trinajstić information content (AvgIpc) is 2.77. The molecule has 0 atom stereocenters. The number of sulfonamides is 1. The molecular formula is C23H30N2O4S. The van der Waals surface area contributed by atoms with Crippen LogP contribution in [0.2, 0.25) is 0 Å². The molecular weight excluding hydrogens is 400 g/mol. The maximum absolute atomic E-state index is 13.0. The molecule has 2 aromatic carbocycles. The lowest BCUT2D eigenvalue weighted by Crippen LogP contribution is -2.38. The quantitative estimate of drug-likeness (QED) is 0.651. The summed E-state index contributed by atoms with van der Waals surface area (Å²) in [7, 11) is -2.16. The predicted octanol–water partition coefficient (Wildman–Crippen LogP) is 3.48. The SMILES string of the molecule is COc1ccc(S(=O)(=O)N2CCC(C)CC2)cc1C(=O)NCCCc1ccccc1. The largest absolute Gasteiger partial charge is 0.496 e. The molecule has 1 aliphatic heterocycles. The molecule has 1 fully saturated rings. The third kappa shape index (κ3) is 5.40. The molecule has 0 aliphatic carbocycles. The summed E-state index contributed by atoms with van der Waals surface area (Å²) in [4.78, 5) is 12.9. The molecule has 1 saturated heterocycles. The molecule has 1 N–H and O–H groups in total. The fraction of sp³-hybridized carbons (Fsp3) is 0.435. The Labute approximate surface area is 179 Å². The molecule has 0 spiro atoms. The zero-order valence-electron chi connectivity index (χ0n) is 17.6. The Hall–Kier alpha value is -2.38. The molecule has 1 heterocycles. The normalized spacial score (nSPS) is 15.7. The van der Waals surface area contributed by atoms with Crippen LogP contribution in [0.4, 0.5) is 0 Å². The Morgan fingerprint density at radius 3 is 2.50 bits per heavy atom. The molecule has 1 aliphatic rings. The van der Waals surface area contributed by atoms with E-state index in [1.165, 1.54) is 29.1 Å². The highest BCUT2D eigenvalue weighted by Gasteiger charge is 2.29. The Bertz CT molecular complexity index is 952. The maximum Gasteiger partial charge on any atom is 0.255 e. The first-order chi connectivity index (χ1) is 14.4. The number of nitrogens with zero attached hydrogens (tertiary/aromatic N) is 1. The third-order valence-corrected chi connectivity index (χ3v) is 7.46. The van der Waals surface area contributed by atoms with Crippen LogP contribution in [-0.4, -0.2) is 45.4 Å². The van der Waals surface area contributed by atoms with E-state index in [1.54, 1.807) is 6.07 Å².